The summed E-state index contributed by atoms with van der Waals surface area (Å²) < 4.78 is 0. The lowest BCUT2D eigenvalue weighted by atomic mass is 9.95. The van der Waals surface area contributed by atoms with Gasteiger partial charge < -0.3 is 0 Å². The summed E-state index contributed by atoms with van der Waals surface area (Å²) in [5, 5.41) is 7.87. The summed E-state index contributed by atoms with van der Waals surface area (Å²) >= 11 is 5.86. The third-order valence-corrected chi connectivity index (χ3v) is 5.13. The zero-order chi connectivity index (χ0) is 18.6. The van der Waals surface area contributed by atoms with E-state index >= 15 is 0 Å². The molecule has 1 amide bonds. The summed E-state index contributed by atoms with van der Waals surface area (Å²) in [6.45, 7) is 0.701. The van der Waals surface area contributed by atoms with Gasteiger partial charge in [-0.15, -0.1) is 0 Å². The molecule has 6 nitrogen and oxygen atoms in total. The molecular weight excluding hydrogens is 362 g/mol. The van der Waals surface area contributed by atoms with Crippen LogP contribution in [0.15, 0.2) is 48.9 Å². The van der Waals surface area contributed by atoms with E-state index in [1.54, 1.807) is 24.7 Å². The maximum atomic E-state index is 13.2. The molecule has 0 bridgehead atoms. The summed E-state index contributed by atoms with van der Waals surface area (Å²) in [6, 6.07) is 9.45. The number of halogens is 1. The molecule has 1 aliphatic heterocycles. The molecule has 1 atom stereocenters. The first-order chi connectivity index (χ1) is 13.2. The molecule has 7 heteroatoms. The molecule has 0 spiro atoms. The van der Waals surface area contributed by atoms with Crippen LogP contribution in [0, 0.1) is 5.92 Å². The van der Waals surface area contributed by atoms with Crippen LogP contribution in [0.3, 0.4) is 0 Å². The Kier molecular flexibility index (Phi) is 5.16. The number of carbonyl (C=O) groups excluding carboxylic acids is 1. The van der Waals surface area contributed by atoms with Crippen LogP contribution in [0.1, 0.15) is 24.8 Å². The lowest BCUT2D eigenvalue weighted by Crippen LogP contribution is -2.36. The van der Waals surface area contributed by atoms with Crippen LogP contribution < -0.4 is 4.90 Å². The molecule has 0 saturated carbocycles. The molecule has 3 aromatic heterocycles. The minimum Gasteiger partial charge on any atom is -0.297 e. The van der Waals surface area contributed by atoms with Crippen molar-refractivity contribution in [3.63, 3.8) is 0 Å². The Balaban J connectivity index is 1.54. The van der Waals surface area contributed by atoms with Gasteiger partial charge >= 0.3 is 0 Å². The van der Waals surface area contributed by atoms with E-state index in [4.69, 9.17) is 11.6 Å². The number of rotatable bonds is 4. The predicted octanol–water partition coefficient (Wildman–Crippen LogP) is 3.90. The quantitative estimate of drug-likeness (QED) is 0.695. The molecule has 1 N–H and O–H groups in total. The molecule has 3 aromatic rings. The van der Waals surface area contributed by atoms with E-state index in [0.717, 1.165) is 41.9 Å². The second-order valence-corrected chi connectivity index (χ2v) is 7.14. The smallest absolute Gasteiger partial charge is 0.231 e. The zero-order valence-electron chi connectivity index (χ0n) is 14.8. The van der Waals surface area contributed by atoms with Crippen LogP contribution in [0.5, 0.6) is 0 Å². The van der Waals surface area contributed by atoms with Gasteiger partial charge in [0.2, 0.25) is 5.91 Å². The monoisotopic (exact) mass is 381 g/mol. The lowest BCUT2D eigenvalue weighted by Gasteiger charge is -2.22. The minimum absolute atomic E-state index is 0.0665. The summed E-state index contributed by atoms with van der Waals surface area (Å²) in [6.07, 6.45) is 8.77. The van der Waals surface area contributed by atoms with Gasteiger partial charge in [0.1, 0.15) is 11.0 Å². The maximum absolute atomic E-state index is 13.2. The fraction of sp³-hybridized carbons (Fsp3) is 0.300. The molecule has 27 heavy (non-hydrogen) atoms. The van der Waals surface area contributed by atoms with Crippen molar-refractivity contribution in [3.05, 3.63) is 59.6 Å². The number of hydrogen-bond acceptors (Lipinski definition) is 4. The topological polar surface area (TPSA) is 74.8 Å². The van der Waals surface area contributed by atoms with E-state index in [1.807, 2.05) is 29.2 Å². The first-order valence-corrected chi connectivity index (χ1v) is 9.46. The number of pyridine rings is 2. The summed E-state index contributed by atoms with van der Waals surface area (Å²) in [4.78, 5) is 23.2. The summed E-state index contributed by atoms with van der Waals surface area (Å²) in [7, 11) is 0. The molecule has 1 saturated heterocycles. The van der Waals surface area contributed by atoms with Crippen LogP contribution in [0.25, 0.3) is 11.3 Å². The molecule has 1 aliphatic rings. The van der Waals surface area contributed by atoms with E-state index in [0.29, 0.717) is 18.1 Å². The van der Waals surface area contributed by atoms with Gasteiger partial charge in [0, 0.05) is 42.7 Å². The van der Waals surface area contributed by atoms with E-state index < -0.39 is 0 Å². The van der Waals surface area contributed by atoms with Crippen LogP contribution in [-0.2, 0) is 11.2 Å². The van der Waals surface area contributed by atoms with Crippen molar-refractivity contribution in [1.82, 2.24) is 20.2 Å². The summed E-state index contributed by atoms with van der Waals surface area (Å²) in [5.74, 6) is 0.809. The average molecular weight is 382 g/mol. The van der Waals surface area contributed by atoms with Crippen molar-refractivity contribution >= 4 is 23.3 Å². The highest BCUT2D eigenvalue weighted by Crippen LogP contribution is 2.27. The number of hydrogen-bond donors (Lipinski definition) is 1. The fourth-order valence-corrected chi connectivity index (χ4v) is 3.59. The Morgan fingerprint density at radius 1 is 1.19 bits per heavy atom. The third-order valence-electron chi connectivity index (χ3n) is 4.90. The van der Waals surface area contributed by atoms with Crippen LogP contribution >= 0.6 is 11.6 Å². The Morgan fingerprint density at radius 2 is 2.04 bits per heavy atom. The molecule has 0 aliphatic carbocycles. The molecular formula is C20H20ClN5O. The fourth-order valence-electron chi connectivity index (χ4n) is 3.48. The Labute approximate surface area is 162 Å². The first kappa shape index (κ1) is 17.7. The first-order valence-electron chi connectivity index (χ1n) is 9.08. The minimum atomic E-state index is -0.0665. The van der Waals surface area contributed by atoms with Crippen LogP contribution in [0.2, 0.25) is 5.15 Å². The van der Waals surface area contributed by atoms with Crippen LogP contribution in [0.4, 0.5) is 5.82 Å². The van der Waals surface area contributed by atoms with Gasteiger partial charge in [-0.2, -0.15) is 5.10 Å². The van der Waals surface area contributed by atoms with E-state index in [1.165, 1.54) is 0 Å². The molecule has 0 radical (unpaired) electrons. The van der Waals surface area contributed by atoms with Crippen molar-refractivity contribution in [2.45, 2.75) is 25.7 Å². The van der Waals surface area contributed by atoms with E-state index in [2.05, 4.69) is 20.2 Å². The number of amides is 1. The van der Waals surface area contributed by atoms with Gasteiger partial charge in [0.15, 0.2) is 0 Å². The predicted molar refractivity (Wildman–Crippen MR) is 104 cm³/mol. The highest BCUT2D eigenvalue weighted by molar-refractivity contribution is 6.29. The standard InChI is InChI=1S/C20H20ClN5O/c21-18-5-4-14(13-23-18)11-16-3-1-2-10-26(20(16)27)19-12-17(24-25-19)15-6-8-22-9-7-15/h4-9,12-13,16H,1-3,10-11H2,(H,24,25)/t16-/m0/s1. The van der Waals surface area contributed by atoms with Gasteiger partial charge in [-0.1, -0.05) is 24.1 Å². The van der Waals surface area contributed by atoms with Gasteiger partial charge in [-0.25, -0.2) is 4.98 Å². The molecule has 4 rings (SSSR count). The van der Waals surface area contributed by atoms with Gasteiger partial charge in [-0.05, 0) is 43.0 Å². The van der Waals surface area contributed by atoms with Crippen molar-refractivity contribution in [2.75, 3.05) is 11.4 Å². The van der Waals surface area contributed by atoms with E-state index in [9.17, 15) is 4.79 Å². The average Bonchev–Trinajstić information content (AvgIpc) is 3.11. The van der Waals surface area contributed by atoms with Crippen molar-refractivity contribution < 1.29 is 4.79 Å². The molecule has 138 valence electrons. The number of aromatic nitrogens is 4. The van der Waals surface area contributed by atoms with Gasteiger partial charge in [-0.3, -0.25) is 19.8 Å². The number of aromatic amines is 1. The normalized spacial score (nSPS) is 17.7. The Hall–Kier alpha value is -2.73. The van der Waals surface area contributed by atoms with Crippen molar-refractivity contribution in [1.29, 1.82) is 0 Å². The second kappa shape index (κ2) is 7.88. The molecule has 4 heterocycles. The highest BCUT2D eigenvalue weighted by Gasteiger charge is 2.29. The molecule has 0 aromatic carbocycles. The van der Waals surface area contributed by atoms with Crippen molar-refractivity contribution in [3.8, 4) is 11.3 Å². The number of anilines is 1. The number of carbonyl (C=O) groups is 1. The third kappa shape index (κ3) is 4.01. The maximum Gasteiger partial charge on any atom is 0.231 e. The Bertz CT molecular complexity index is 910. The molecule has 0 unspecified atom stereocenters. The number of H-pyrrole nitrogens is 1. The number of nitrogens with one attached hydrogen (secondary N) is 1. The summed E-state index contributed by atoms with van der Waals surface area (Å²) in [5.41, 5.74) is 2.81. The second-order valence-electron chi connectivity index (χ2n) is 6.75. The van der Waals surface area contributed by atoms with E-state index in [-0.39, 0.29) is 11.8 Å². The SMILES string of the molecule is O=C1[C@H](Cc2ccc(Cl)nc2)CCCCN1c1cc(-c2ccncc2)n[nH]1. The van der Waals surface area contributed by atoms with Crippen LogP contribution in [-0.4, -0.2) is 32.6 Å². The zero-order valence-corrected chi connectivity index (χ0v) is 15.6. The van der Waals surface area contributed by atoms with Gasteiger partial charge in [0.25, 0.3) is 0 Å². The lowest BCUT2D eigenvalue weighted by molar-refractivity contribution is -0.122. The number of nitrogens with zero attached hydrogens (tertiary/aromatic N) is 4. The molecule has 1 fully saturated rings. The van der Waals surface area contributed by atoms with Crippen molar-refractivity contribution in [2.24, 2.45) is 5.92 Å². The van der Waals surface area contributed by atoms with Gasteiger partial charge in [0.05, 0.1) is 5.69 Å². The largest absolute Gasteiger partial charge is 0.297 e. The Morgan fingerprint density at radius 3 is 2.81 bits per heavy atom. The highest BCUT2D eigenvalue weighted by atomic mass is 35.5.